The van der Waals surface area contributed by atoms with E-state index in [1.807, 2.05) is 0 Å². The van der Waals surface area contributed by atoms with Gasteiger partial charge in [-0.15, -0.1) is 24.8 Å². The highest BCUT2D eigenvalue weighted by atomic mass is 35.5. The molecule has 2 rings (SSSR count). The second-order valence-corrected chi connectivity index (χ2v) is 3.23. The van der Waals surface area contributed by atoms with Gasteiger partial charge in [0.15, 0.2) is 0 Å². The van der Waals surface area contributed by atoms with Crippen molar-refractivity contribution in [3.05, 3.63) is 0 Å². The van der Waals surface area contributed by atoms with Crippen LogP contribution in [0.1, 0.15) is 6.42 Å². The zero-order valence-corrected chi connectivity index (χ0v) is 8.57. The Balaban J connectivity index is 0.000000605. The highest BCUT2D eigenvalue weighted by Crippen LogP contribution is 2.17. The van der Waals surface area contributed by atoms with Crippen LogP contribution in [0.15, 0.2) is 0 Å². The van der Waals surface area contributed by atoms with Crippen molar-refractivity contribution in [1.82, 2.24) is 4.90 Å². The van der Waals surface area contributed by atoms with Gasteiger partial charge in [-0.25, -0.2) is 0 Å². The normalized spacial score (nSPS) is 30.2. The van der Waals surface area contributed by atoms with Crippen LogP contribution in [0.5, 0.6) is 0 Å². The third kappa shape index (κ3) is 2.47. The largest absolute Gasteiger partial charge is 0.380 e. The third-order valence-corrected chi connectivity index (χ3v) is 2.36. The fourth-order valence-corrected chi connectivity index (χ4v) is 1.66. The van der Waals surface area contributed by atoms with Crippen molar-refractivity contribution in [1.29, 1.82) is 0 Å². The van der Waals surface area contributed by atoms with Crippen LogP contribution in [0.3, 0.4) is 0 Å². The smallest absolute Gasteiger partial charge is 0.0622 e. The summed E-state index contributed by atoms with van der Waals surface area (Å²) in [5.41, 5.74) is 5.65. The van der Waals surface area contributed by atoms with Crippen molar-refractivity contribution < 1.29 is 4.74 Å². The molecule has 0 radical (unpaired) electrons. The highest BCUT2D eigenvalue weighted by Gasteiger charge is 2.31. The first-order valence-electron chi connectivity index (χ1n) is 3.93. The van der Waals surface area contributed by atoms with Crippen molar-refractivity contribution in [2.24, 2.45) is 5.73 Å². The minimum atomic E-state index is 0. The molecule has 0 aliphatic carbocycles. The molecule has 2 aliphatic heterocycles. The molecule has 0 spiro atoms. The van der Waals surface area contributed by atoms with E-state index in [0.717, 1.165) is 26.3 Å². The second kappa shape index (κ2) is 5.25. The minimum absolute atomic E-state index is 0. The lowest BCUT2D eigenvalue weighted by Crippen LogP contribution is -2.59. The van der Waals surface area contributed by atoms with Crippen LogP contribution in [0.2, 0.25) is 0 Å². The van der Waals surface area contributed by atoms with E-state index in [2.05, 4.69) is 4.90 Å². The number of hydrogen-bond donors (Lipinski definition) is 1. The Morgan fingerprint density at radius 3 is 2.33 bits per heavy atom. The molecule has 0 aromatic heterocycles. The van der Waals surface area contributed by atoms with Crippen molar-refractivity contribution >= 4 is 24.8 Å². The third-order valence-electron chi connectivity index (χ3n) is 2.36. The van der Waals surface area contributed by atoms with Crippen LogP contribution in [0, 0.1) is 0 Å². The Hall–Kier alpha value is 0.460. The Labute approximate surface area is 85.4 Å². The maximum Gasteiger partial charge on any atom is 0.0622 e. The van der Waals surface area contributed by atoms with Gasteiger partial charge in [0.05, 0.1) is 6.61 Å². The molecule has 3 nitrogen and oxygen atoms in total. The van der Waals surface area contributed by atoms with Gasteiger partial charge in [0.2, 0.25) is 0 Å². The molecule has 2 saturated heterocycles. The molecule has 12 heavy (non-hydrogen) atoms. The van der Waals surface area contributed by atoms with Gasteiger partial charge in [0, 0.05) is 31.8 Å². The second-order valence-electron chi connectivity index (χ2n) is 3.23. The fraction of sp³-hybridized carbons (Fsp3) is 1.00. The van der Waals surface area contributed by atoms with Crippen LogP contribution in [-0.4, -0.2) is 43.3 Å². The number of ether oxygens (including phenoxy) is 1. The summed E-state index contributed by atoms with van der Waals surface area (Å²) in [6.07, 6.45) is 1.20. The predicted octanol–water partition coefficient (Wildman–Crippen LogP) is 0.262. The Morgan fingerprint density at radius 1 is 1.25 bits per heavy atom. The molecule has 2 fully saturated rings. The van der Waals surface area contributed by atoms with E-state index in [-0.39, 0.29) is 24.8 Å². The van der Waals surface area contributed by atoms with Crippen molar-refractivity contribution in [2.45, 2.75) is 18.5 Å². The van der Waals surface area contributed by atoms with Crippen LogP contribution >= 0.6 is 24.8 Å². The van der Waals surface area contributed by atoms with Crippen LogP contribution in [-0.2, 0) is 4.74 Å². The van der Waals surface area contributed by atoms with Crippen LogP contribution < -0.4 is 5.73 Å². The van der Waals surface area contributed by atoms with Crippen LogP contribution in [0.25, 0.3) is 0 Å². The maximum absolute atomic E-state index is 5.65. The van der Waals surface area contributed by atoms with E-state index < -0.39 is 0 Å². The average molecular weight is 215 g/mol. The van der Waals surface area contributed by atoms with E-state index >= 15 is 0 Å². The molecule has 0 amide bonds. The van der Waals surface area contributed by atoms with Crippen molar-refractivity contribution in [3.63, 3.8) is 0 Å². The summed E-state index contributed by atoms with van der Waals surface area (Å²) >= 11 is 0. The number of halogens is 2. The number of hydrogen-bond acceptors (Lipinski definition) is 3. The minimum Gasteiger partial charge on any atom is -0.380 e. The van der Waals surface area contributed by atoms with Gasteiger partial charge in [0.1, 0.15) is 0 Å². The predicted molar refractivity (Wildman–Crippen MR) is 53.3 cm³/mol. The first-order valence-corrected chi connectivity index (χ1v) is 3.93. The van der Waals surface area contributed by atoms with E-state index in [0.29, 0.717) is 12.1 Å². The topological polar surface area (TPSA) is 38.5 Å². The number of rotatable bonds is 1. The Bertz CT molecular complexity index is 125. The monoisotopic (exact) mass is 214 g/mol. The molecule has 2 heterocycles. The van der Waals surface area contributed by atoms with Crippen molar-refractivity contribution in [2.75, 3.05) is 26.3 Å². The van der Waals surface area contributed by atoms with E-state index in [1.165, 1.54) is 6.42 Å². The molecule has 2 aliphatic rings. The zero-order chi connectivity index (χ0) is 6.97. The lowest BCUT2D eigenvalue weighted by molar-refractivity contribution is 0.0798. The number of likely N-dealkylation sites (tertiary alicyclic amines) is 1. The molecule has 2 N–H and O–H groups in total. The lowest BCUT2D eigenvalue weighted by Gasteiger charge is -2.40. The molecule has 0 aromatic carbocycles. The summed E-state index contributed by atoms with van der Waals surface area (Å²) in [6.45, 7) is 4.02. The summed E-state index contributed by atoms with van der Waals surface area (Å²) in [4.78, 5) is 2.41. The van der Waals surface area contributed by atoms with E-state index in [4.69, 9.17) is 10.5 Å². The van der Waals surface area contributed by atoms with Gasteiger partial charge in [-0.05, 0) is 6.42 Å². The van der Waals surface area contributed by atoms with Crippen LogP contribution in [0.4, 0.5) is 0 Å². The van der Waals surface area contributed by atoms with Gasteiger partial charge in [-0.1, -0.05) is 0 Å². The fourth-order valence-electron chi connectivity index (χ4n) is 1.66. The quantitative estimate of drug-likeness (QED) is 0.682. The molecule has 0 saturated carbocycles. The van der Waals surface area contributed by atoms with E-state index in [9.17, 15) is 0 Å². The Kier molecular flexibility index (Phi) is 5.45. The number of nitrogens with two attached hydrogens (primary N) is 1. The SMILES string of the molecule is Cl.Cl.NC1CN(C2CCOC2)C1. The van der Waals surface area contributed by atoms with Gasteiger partial charge < -0.3 is 10.5 Å². The molecule has 0 aromatic rings. The summed E-state index contributed by atoms with van der Waals surface area (Å²) in [7, 11) is 0. The van der Waals surface area contributed by atoms with Gasteiger partial charge in [-0.3, -0.25) is 4.90 Å². The average Bonchev–Trinajstić information content (AvgIpc) is 2.31. The zero-order valence-electron chi connectivity index (χ0n) is 6.94. The molecular formula is C7H16Cl2N2O. The Morgan fingerprint density at radius 2 is 1.92 bits per heavy atom. The first-order chi connectivity index (χ1) is 4.86. The summed E-state index contributed by atoms with van der Waals surface area (Å²) in [5, 5.41) is 0. The summed E-state index contributed by atoms with van der Waals surface area (Å²) in [5.74, 6) is 0. The first kappa shape index (κ1) is 12.5. The van der Waals surface area contributed by atoms with Gasteiger partial charge >= 0.3 is 0 Å². The maximum atomic E-state index is 5.65. The van der Waals surface area contributed by atoms with Gasteiger partial charge in [0.25, 0.3) is 0 Å². The molecular weight excluding hydrogens is 199 g/mol. The molecule has 74 valence electrons. The van der Waals surface area contributed by atoms with Gasteiger partial charge in [-0.2, -0.15) is 0 Å². The molecule has 0 bridgehead atoms. The van der Waals surface area contributed by atoms with Crippen molar-refractivity contribution in [3.8, 4) is 0 Å². The van der Waals surface area contributed by atoms with E-state index in [1.54, 1.807) is 0 Å². The molecule has 5 heteroatoms. The number of nitrogens with zero attached hydrogens (tertiary/aromatic N) is 1. The highest BCUT2D eigenvalue weighted by molar-refractivity contribution is 5.85. The standard InChI is InChI=1S/C7H14N2O.2ClH/c8-6-3-9(4-6)7-1-2-10-5-7;;/h6-7H,1-5,8H2;2*1H. The summed E-state index contributed by atoms with van der Waals surface area (Å²) < 4.78 is 5.27. The summed E-state index contributed by atoms with van der Waals surface area (Å²) in [6, 6.07) is 1.11. The molecule has 1 unspecified atom stereocenters. The molecule has 1 atom stereocenters. The lowest BCUT2D eigenvalue weighted by atomic mass is 10.1.